The summed E-state index contributed by atoms with van der Waals surface area (Å²) in [6, 6.07) is 11.7. The summed E-state index contributed by atoms with van der Waals surface area (Å²) in [6.07, 6.45) is 0.482. The molecular formula is C19H13F3N4O2S. The highest BCUT2D eigenvalue weighted by Gasteiger charge is 2.31. The molecule has 0 aliphatic carbocycles. The molecule has 0 fully saturated rings. The predicted molar refractivity (Wildman–Crippen MR) is 101 cm³/mol. The van der Waals surface area contributed by atoms with E-state index in [4.69, 9.17) is 0 Å². The van der Waals surface area contributed by atoms with Crippen molar-refractivity contribution in [1.82, 2.24) is 14.4 Å². The van der Waals surface area contributed by atoms with Crippen LogP contribution in [0.3, 0.4) is 0 Å². The van der Waals surface area contributed by atoms with Crippen LogP contribution in [-0.2, 0) is 16.2 Å². The summed E-state index contributed by atoms with van der Waals surface area (Å²) in [7, 11) is -4.21. The van der Waals surface area contributed by atoms with Gasteiger partial charge in [-0.3, -0.25) is 9.12 Å². The molecule has 0 atom stereocenters. The average molecular weight is 418 g/mol. The van der Waals surface area contributed by atoms with Crippen molar-refractivity contribution in [3.63, 3.8) is 0 Å². The number of hydrogen-bond acceptors (Lipinski definition) is 4. The summed E-state index contributed by atoms with van der Waals surface area (Å²) in [5, 5.41) is 0. The van der Waals surface area contributed by atoms with Gasteiger partial charge in [-0.15, -0.1) is 0 Å². The molecule has 0 aliphatic rings. The number of alkyl halides is 3. The Bertz CT molecular complexity index is 1270. The number of benzene rings is 2. The minimum Gasteiger partial charge on any atom is -0.291 e. The summed E-state index contributed by atoms with van der Waals surface area (Å²) in [5.74, 6) is 0.484. The Hall–Kier alpha value is -3.40. The normalized spacial score (nSPS) is 12.2. The van der Waals surface area contributed by atoms with E-state index in [1.165, 1.54) is 6.07 Å². The molecule has 29 heavy (non-hydrogen) atoms. The number of sulfonamides is 1. The second-order valence-electron chi connectivity index (χ2n) is 6.16. The number of rotatable bonds is 4. The van der Waals surface area contributed by atoms with Gasteiger partial charge in [0.1, 0.15) is 0 Å². The predicted octanol–water partition coefficient (Wildman–Crippen LogP) is 4.22. The number of imidazole rings is 1. The van der Waals surface area contributed by atoms with Crippen molar-refractivity contribution < 1.29 is 21.6 Å². The highest BCUT2D eigenvalue weighted by molar-refractivity contribution is 7.92. The largest absolute Gasteiger partial charge is 0.416 e. The molecule has 10 heteroatoms. The molecule has 2 aromatic carbocycles. The fourth-order valence-corrected chi connectivity index (χ4v) is 3.86. The number of aromatic nitrogens is 3. The molecule has 4 rings (SSSR count). The van der Waals surface area contributed by atoms with Crippen molar-refractivity contribution >= 4 is 21.5 Å². The minimum atomic E-state index is -4.64. The first-order valence-corrected chi connectivity index (χ1v) is 9.81. The molecule has 4 aromatic rings. The second kappa shape index (κ2) is 6.89. The summed E-state index contributed by atoms with van der Waals surface area (Å²) in [4.78, 5) is 8.02. The lowest BCUT2D eigenvalue weighted by atomic mass is 10.1. The topological polar surface area (TPSA) is 76.4 Å². The van der Waals surface area contributed by atoms with Gasteiger partial charge < -0.3 is 0 Å². The number of nitrogens with zero attached hydrogens (tertiary/aromatic N) is 3. The van der Waals surface area contributed by atoms with Crippen molar-refractivity contribution in [1.29, 1.82) is 0 Å². The first-order valence-electron chi connectivity index (χ1n) is 8.33. The Labute approximate surface area is 163 Å². The first kappa shape index (κ1) is 18.9. The second-order valence-corrected chi connectivity index (χ2v) is 7.85. The van der Waals surface area contributed by atoms with Gasteiger partial charge in [0.25, 0.3) is 10.0 Å². The maximum atomic E-state index is 12.9. The summed E-state index contributed by atoms with van der Waals surface area (Å²) in [5.41, 5.74) is 0.361. The SMILES string of the molecule is O=S(=O)(Nc1cccc(-c2cn3cccnc3n2)c1)c1cccc(C(F)(F)F)c1. The summed E-state index contributed by atoms with van der Waals surface area (Å²) < 4.78 is 67.8. The van der Waals surface area contributed by atoms with E-state index < -0.39 is 26.7 Å². The number of halogens is 3. The Morgan fingerprint density at radius 3 is 2.55 bits per heavy atom. The van der Waals surface area contributed by atoms with Gasteiger partial charge >= 0.3 is 6.18 Å². The van der Waals surface area contributed by atoms with Gasteiger partial charge in [0.15, 0.2) is 0 Å². The molecule has 6 nitrogen and oxygen atoms in total. The molecular weight excluding hydrogens is 405 g/mol. The third kappa shape index (κ3) is 3.92. The number of nitrogens with one attached hydrogen (secondary N) is 1. The quantitative estimate of drug-likeness (QED) is 0.539. The maximum absolute atomic E-state index is 12.9. The van der Waals surface area contributed by atoms with Gasteiger partial charge in [0.2, 0.25) is 5.78 Å². The average Bonchev–Trinajstić information content (AvgIpc) is 3.12. The molecule has 1 N–H and O–H groups in total. The standard InChI is InChI=1S/C19H13F3N4O2S/c20-19(21,22)14-5-2-7-16(11-14)29(27,28)25-15-6-1-4-13(10-15)17-12-26-9-3-8-23-18(26)24-17/h1-12,25H. The zero-order valence-electron chi connectivity index (χ0n) is 14.6. The van der Waals surface area contributed by atoms with Gasteiger partial charge in [0, 0.05) is 29.8 Å². The number of fused-ring (bicyclic) bond motifs is 1. The Morgan fingerprint density at radius 1 is 1.00 bits per heavy atom. The van der Waals surface area contributed by atoms with Crippen LogP contribution in [-0.4, -0.2) is 22.8 Å². The van der Waals surface area contributed by atoms with Crippen LogP contribution in [0.15, 0.2) is 78.1 Å². The van der Waals surface area contributed by atoms with E-state index in [2.05, 4.69) is 14.7 Å². The van der Waals surface area contributed by atoms with E-state index >= 15 is 0 Å². The monoisotopic (exact) mass is 418 g/mol. The first-order chi connectivity index (χ1) is 13.7. The van der Waals surface area contributed by atoms with Crippen LogP contribution in [0.5, 0.6) is 0 Å². The van der Waals surface area contributed by atoms with Crippen LogP contribution >= 0.6 is 0 Å². The molecule has 2 heterocycles. The highest BCUT2D eigenvalue weighted by Crippen LogP contribution is 2.31. The van der Waals surface area contributed by atoms with E-state index in [9.17, 15) is 21.6 Å². The van der Waals surface area contributed by atoms with Crippen LogP contribution in [0.1, 0.15) is 5.56 Å². The third-order valence-corrected chi connectivity index (χ3v) is 5.50. The summed E-state index contributed by atoms with van der Waals surface area (Å²) in [6.45, 7) is 0. The van der Waals surface area contributed by atoms with Crippen molar-refractivity contribution in [2.75, 3.05) is 4.72 Å². The lowest BCUT2D eigenvalue weighted by molar-refractivity contribution is -0.137. The highest BCUT2D eigenvalue weighted by atomic mass is 32.2. The number of anilines is 1. The van der Waals surface area contributed by atoms with Gasteiger partial charge in [-0.2, -0.15) is 13.2 Å². The molecule has 0 radical (unpaired) electrons. The minimum absolute atomic E-state index is 0.199. The molecule has 0 unspecified atom stereocenters. The van der Waals surface area contributed by atoms with E-state index in [0.29, 0.717) is 23.1 Å². The molecule has 0 bridgehead atoms. The molecule has 148 valence electrons. The van der Waals surface area contributed by atoms with E-state index in [0.717, 1.165) is 18.2 Å². The third-order valence-electron chi connectivity index (χ3n) is 4.12. The van der Waals surface area contributed by atoms with Gasteiger partial charge in [-0.1, -0.05) is 18.2 Å². The fourth-order valence-electron chi connectivity index (χ4n) is 2.76. The van der Waals surface area contributed by atoms with Crippen molar-refractivity contribution in [3.05, 3.63) is 78.8 Å². The van der Waals surface area contributed by atoms with Crippen molar-refractivity contribution in [2.45, 2.75) is 11.1 Å². The Morgan fingerprint density at radius 2 is 1.79 bits per heavy atom. The molecule has 0 spiro atoms. The van der Waals surface area contributed by atoms with Crippen LogP contribution in [0, 0.1) is 0 Å². The van der Waals surface area contributed by atoms with Crippen LogP contribution < -0.4 is 4.72 Å². The Balaban J connectivity index is 1.65. The molecule has 2 aromatic heterocycles. The smallest absolute Gasteiger partial charge is 0.291 e. The molecule has 0 aliphatic heterocycles. The van der Waals surface area contributed by atoms with Gasteiger partial charge in [-0.25, -0.2) is 18.4 Å². The molecule has 0 saturated heterocycles. The molecule has 0 amide bonds. The van der Waals surface area contributed by atoms with Crippen molar-refractivity contribution in [3.8, 4) is 11.3 Å². The molecule has 0 saturated carbocycles. The van der Waals surface area contributed by atoms with Crippen LogP contribution in [0.4, 0.5) is 18.9 Å². The lowest BCUT2D eigenvalue weighted by Crippen LogP contribution is -2.14. The van der Waals surface area contributed by atoms with E-state index in [1.807, 2.05) is 0 Å². The van der Waals surface area contributed by atoms with E-state index in [1.54, 1.807) is 47.3 Å². The number of hydrogen-bond donors (Lipinski definition) is 1. The van der Waals surface area contributed by atoms with Gasteiger partial charge in [-0.05, 0) is 36.4 Å². The van der Waals surface area contributed by atoms with Crippen LogP contribution in [0.25, 0.3) is 17.0 Å². The lowest BCUT2D eigenvalue weighted by Gasteiger charge is -2.11. The van der Waals surface area contributed by atoms with E-state index in [-0.39, 0.29) is 5.69 Å². The zero-order valence-corrected chi connectivity index (χ0v) is 15.4. The zero-order chi connectivity index (χ0) is 20.6. The van der Waals surface area contributed by atoms with Crippen LogP contribution in [0.2, 0.25) is 0 Å². The Kier molecular flexibility index (Phi) is 4.50. The fraction of sp³-hybridized carbons (Fsp3) is 0.0526. The van der Waals surface area contributed by atoms with Crippen molar-refractivity contribution in [2.24, 2.45) is 0 Å². The summed E-state index contributed by atoms with van der Waals surface area (Å²) >= 11 is 0. The maximum Gasteiger partial charge on any atom is 0.416 e. The van der Waals surface area contributed by atoms with Gasteiger partial charge in [0.05, 0.1) is 16.2 Å².